The average molecular weight is 297 g/mol. The quantitative estimate of drug-likeness (QED) is 0.805. The molecular weight excluding hydrogens is 284 g/mol. The van der Waals surface area contributed by atoms with Crippen molar-refractivity contribution in [2.75, 3.05) is 0 Å². The van der Waals surface area contributed by atoms with Gasteiger partial charge in [-0.2, -0.15) is 0 Å². The van der Waals surface area contributed by atoms with Crippen LogP contribution in [0.25, 0.3) is 0 Å². The van der Waals surface area contributed by atoms with E-state index in [0.717, 1.165) is 17.1 Å². The van der Waals surface area contributed by atoms with Gasteiger partial charge in [-0.3, -0.25) is 4.98 Å². The molecule has 1 unspecified atom stereocenters. The molecule has 84 valence electrons. The molecule has 2 aromatic rings. The van der Waals surface area contributed by atoms with Crippen LogP contribution in [-0.4, -0.2) is 9.97 Å². The summed E-state index contributed by atoms with van der Waals surface area (Å²) in [6.45, 7) is 4.12. The minimum Gasteiger partial charge on any atom is -0.261 e. The maximum absolute atomic E-state index is 4.40. The van der Waals surface area contributed by atoms with Gasteiger partial charge in [0.25, 0.3) is 0 Å². The summed E-state index contributed by atoms with van der Waals surface area (Å²) >= 11 is 5.44. The molecule has 0 aromatic carbocycles. The molecule has 1 atom stereocenters. The summed E-state index contributed by atoms with van der Waals surface area (Å²) in [5.74, 6) is 0. The Bertz CT molecular complexity index is 481. The topological polar surface area (TPSA) is 25.8 Å². The van der Waals surface area contributed by atoms with E-state index >= 15 is 0 Å². The van der Waals surface area contributed by atoms with E-state index in [0.29, 0.717) is 4.83 Å². The molecule has 0 bridgehead atoms. The van der Waals surface area contributed by atoms with Crippen molar-refractivity contribution < 1.29 is 0 Å². The molecular formula is C12H13BrN2S. The fourth-order valence-electron chi connectivity index (χ4n) is 1.53. The first-order valence-corrected chi connectivity index (χ1v) is 6.87. The van der Waals surface area contributed by atoms with Gasteiger partial charge in [-0.1, -0.05) is 22.0 Å². The number of alkyl halides is 1. The molecule has 0 spiro atoms. The van der Waals surface area contributed by atoms with Crippen molar-refractivity contribution in [2.45, 2.75) is 25.1 Å². The number of halogens is 1. The second kappa shape index (κ2) is 5.06. The van der Waals surface area contributed by atoms with Gasteiger partial charge in [-0.15, -0.1) is 11.3 Å². The molecule has 4 heteroatoms. The van der Waals surface area contributed by atoms with Gasteiger partial charge >= 0.3 is 0 Å². The molecule has 2 aromatic heterocycles. The van der Waals surface area contributed by atoms with Crippen molar-refractivity contribution in [3.8, 4) is 0 Å². The summed E-state index contributed by atoms with van der Waals surface area (Å²) in [7, 11) is 0. The van der Waals surface area contributed by atoms with Crippen molar-refractivity contribution in [1.82, 2.24) is 9.97 Å². The van der Waals surface area contributed by atoms with Gasteiger partial charge in [-0.25, -0.2) is 4.98 Å². The summed E-state index contributed by atoms with van der Waals surface area (Å²) in [6.07, 6.45) is 4.70. The van der Waals surface area contributed by atoms with Gasteiger partial charge in [0.05, 0.1) is 9.83 Å². The zero-order valence-electron chi connectivity index (χ0n) is 9.27. The van der Waals surface area contributed by atoms with Gasteiger partial charge in [0.15, 0.2) is 0 Å². The van der Waals surface area contributed by atoms with E-state index in [-0.39, 0.29) is 0 Å². The van der Waals surface area contributed by atoms with Gasteiger partial charge in [0.2, 0.25) is 0 Å². The fourth-order valence-corrected chi connectivity index (χ4v) is 2.99. The largest absolute Gasteiger partial charge is 0.261 e. The Kier molecular flexibility index (Phi) is 3.71. The van der Waals surface area contributed by atoms with Crippen molar-refractivity contribution in [1.29, 1.82) is 0 Å². The van der Waals surface area contributed by atoms with E-state index in [1.54, 1.807) is 11.3 Å². The Hall–Kier alpha value is -0.740. The number of aromatic nitrogens is 2. The van der Waals surface area contributed by atoms with E-state index in [4.69, 9.17) is 0 Å². The molecule has 2 nitrogen and oxygen atoms in total. The van der Waals surface area contributed by atoms with Crippen LogP contribution in [0, 0.1) is 13.8 Å². The lowest BCUT2D eigenvalue weighted by molar-refractivity contribution is 0.903. The van der Waals surface area contributed by atoms with E-state index < -0.39 is 0 Å². The Labute approximate surface area is 108 Å². The van der Waals surface area contributed by atoms with Crippen molar-refractivity contribution in [3.05, 3.63) is 45.7 Å². The van der Waals surface area contributed by atoms with Gasteiger partial charge in [0.1, 0.15) is 0 Å². The van der Waals surface area contributed by atoms with E-state index in [9.17, 15) is 0 Å². The number of rotatable bonds is 3. The number of pyridine rings is 1. The third-order valence-corrected chi connectivity index (χ3v) is 4.58. The number of hydrogen-bond donors (Lipinski definition) is 0. The minimum absolute atomic E-state index is 0.312. The molecule has 0 aliphatic carbocycles. The van der Waals surface area contributed by atoms with Crippen LogP contribution in [-0.2, 0) is 6.42 Å². The normalized spacial score (nSPS) is 12.7. The SMILES string of the molecule is Cc1ncc(C(Br)Cc2ncccc2C)s1. The highest BCUT2D eigenvalue weighted by molar-refractivity contribution is 9.09. The Morgan fingerprint density at radius 1 is 1.38 bits per heavy atom. The molecule has 0 radical (unpaired) electrons. The molecule has 0 aliphatic heterocycles. The highest BCUT2D eigenvalue weighted by Gasteiger charge is 2.13. The summed E-state index contributed by atoms with van der Waals surface area (Å²) < 4.78 is 0. The lowest BCUT2D eigenvalue weighted by Crippen LogP contribution is -1.98. The first-order valence-electron chi connectivity index (χ1n) is 5.13. The van der Waals surface area contributed by atoms with Crippen molar-refractivity contribution in [3.63, 3.8) is 0 Å². The maximum atomic E-state index is 4.40. The lowest BCUT2D eigenvalue weighted by atomic mass is 10.1. The monoisotopic (exact) mass is 296 g/mol. The van der Waals surface area contributed by atoms with E-state index in [2.05, 4.69) is 38.9 Å². The Balaban J connectivity index is 2.13. The smallest absolute Gasteiger partial charge is 0.0897 e. The summed E-state index contributed by atoms with van der Waals surface area (Å²) in [5.41, 5.74) is 2.39. The van der Waals surface area contributed by atoms with E-state index in [1.165, 1.54) is 10.4 Å². The van der Waals surface area contributed by atoms with Gasteiger partial charge < -0.3 is 0 Å². The zero-order chi connectivity index (χ0) is 11.5. The van der Waals surface area contributed by atoms with Crippen LogP contribution in [0.4, 0.5) is 0 Å². The van der Waals surface area contributed by atoms with Crippen LogP contribution in [0.5, 0.6) is 0 Å². The molecule has 0 fully saturated rings. The zero-order valence-corrected chi connectivity index (χ0v) is 11.7. The highest BCUT2D eigenvalue weighted by atomic mass is 79.9. The highest BCUT2D eigenvalue weighted by Crippen LogP contribution is 2.31. The van der Waals surface area contributed by atoms with Crippen LogP contribution in [0.1, 0.15) is 26.0 Å². The van der Waals surface area contributed by atoms with E-state index in [1.807, 2.05) is 25.4 Å². The minimum atomic E-state index is 0.312. The summed E-state index contributed by atoms with van der Waals surface area (Å²) in [4.78, 5) is 10.3. The number of nitrogens with zero attached hydrogens (tertiary/aromatic N) is 2. The van der Waals surface area contributed by atoms with Crippen molar-refractivity contribution >= 4 is 27.3 Å². The number of hydrogen-bond acceptors (Lipinski definition) is 3. The van der Waals surface area contributed by atoms with Gasteiger partial charge in [-0.05, 0) is 25.5 Å². The first-order chi connectivity index (χ1) is 7.66. The standard InChI is InChI=1S/C12H13BrN2S/c1-8-4-3-5-14-11(8)6-10(13)12-7-15-9(2)16-12/h3-5,7,10H,6H2,1-2H3. The predicted molar refractivity (Wildman–Crippen MR) is 71.2 cm³/mol. The van der Waals surface area contributed by atoms with Crippen LogP contribution in [0.2, 0.25) is 0 Å². The second-order valence-corrected chi connectivity index (χ2v) is 6.09. The third-order valence-electron chi connectivity index (χ3n) is 2.44. The number of thiazole rings is 1. The van der Waals surface area contributed by atoms with Crippen molar-refractivity contribution in [2.24, 2.45) is 0 Å². The van der Waals surface area contributed by atoms with Crippen LogP contribution < -0.4 is 0 Å². The number of aryl methyl sites for hydroxylation is 2. The summed E-state index contributed by atoms with van der Waals surface area (Å²) in [6, 6.07) is 4.07. The van der Waals surface area contributed by atoms with Crippen LogP contribution >= 0.6 is 27.3 Å². The molecule has 0 N–H and O–H groups in total. The average Bonchev–Trinajstić information content (AvgIpc) is 2.68. The van der Waals surface area contributed by atoms with Gasteiger partial charge in [0, 0.05) is 29.4 Å². The molecule has 0 aliphatic rings. The molecule has 0 saturated carbocycles. The Morgan fingerprint density at radius 2 is 2.19 bits per heavy atom. The molecule has 2 rings (SSSR count). The summed E-state index contributed by atoms with van der Waals surface area (Å²) in [5, 5.41) is 1.11. The third kappa shape index (κ3) is 2.68. The maximum Gasteiger partial charge on any atom is 0.0897 e. The predicted octanol–water partition coefficient (Wildman–Crippen LogP) is 3.83. The molecule has 0 saturated heterocycles. The lowest BCUT2D eigenvalue weighted by Gasteiger charge is -2.08. The fraction of sp³-hybridized carbons (Fsp3) is 0.333. The second-order valence-electron chi connectivity index (χ2n) is 3.72. The molecule has 2 heterocycles. The molecule has 0 amide bonds. The van der Waals surface area contributed by atoms with Crippen LogP contribution in [0.3, 0.4) is 0 Å². The molecule has 16 heavy (non-hydrogen) atoms. The Morgan fingerprint density at radius 3 is 2.81 bits per heavy atom. The first kappa shape index (κ1) is 11.7. The van der Waals surface area contributed by atoms with Crippen LogP contribution in [0.15, 0.2) is 24.5 Å².